The fourth-order valence-corrected chi connectivity index (χ4v) is 1.37. The molecule has 0 aliphatic rings. The smallest absolute Gasteiger partial charge is 0.110 e. The first-order valence-electron chi connectivity index (χ1n) is 4.48. The molecule has 1 atom stereocenters. The normalized spacial score (nSPS) is 12.1. The molecule has 0 aliphatic heterocycles. The second-order valence-electron chi connectivity index (χ2n) is 3.19. The van der Waals surface area contributed by atoms with Crippen LogP contribution in [-0.2, 0) is 0 Å². The topological polar surface area (TPSA) is 38.9 Å². The molecule has 0 amide bonds. The van der Waals surface area contributed by atoms with Crippen molar-refractivity contribution in [3.63, 3.8) is 0 Å². The minimum Gasteiger partial charge on any atom is -0.321 e. The molecule has 0 radical (unpaired) electrons. The van der Waals surface area contributed by atoms with Crippen molar-refractivity contribution in [2.75, 3.05) is 6.67 Å². The number of hydrogen-bond acceptors (Lipinski definition) is 2. The number of nitrogens with zero attached hydrogens (tertiary/aromatic N) is 1. The highest BCUT2D eigenvalue weighted by Crippen LogP contribution is 2.15. The van der Waals surface area contributed by atoms with Gasteiger partial charge in [0.15, 0.2) is 0 Å². The van der Waals surface area contributed by atoms with Gasteiger partial charge in [0.25, 0.3) is 0 Å². The number of alkyl halides is 1. The molecule has 0 fully saturated rings. The van der Waals surface area contributed by atoms with Crippen LogP contribution in [0.3, 0.4) is 0 Å². The summed E-state index contributed by atoms with van der Waals surface area (Å²) in [5, 5.41) is 1.04. The molecule has 1 heterocycles. The Hall–Kier alpha value is -1.19. The van der Waals surface area contributed by atoms with Crippen LogP contribution in [0, 0.1) is 0 Å². The number of benzene rings is 1. The average Bonchev–Trinajstić information content (AvgIpc) is 2.27. The van der Waals surface area contributed by atoms with Gasteiger partial charge in [0.1, 0.15) is 6.67 Å². The Bertz CT molecular complexity index is 447. The molecule has 0 aliphatic carbocycles. The van der Waals surface area contributed by atoms with E-state index in [0.717, 1.165) is 10.9 Å². The zero-order valence-corrected chi connectivity index (χ0v) is 8.88. The highest BCUT2D eigenvalue weighted by Gasteiger charge is 2.06. The van der Waals surface area contributed by atoms with Gasteiger partial charge in [-0.2, -0.15) is 0 Å². The summed E-state index contributed by atoms with van der Waals surface area (Å²) in [6.07, 6.45) is 0. The van der Waals surface area contributed by atoms with Crippen molar-refractivity contribution in [3.05, 3.63) is 42.1 Å². The van der Waals surface area contributed by atoms with E-state index < -0.39 is 12.7 Å². The predicted molar refractivity (Wildman–Crippen MR) is 61.9 cm³/mol. The maximum absolute atomic E-state index is 12.3. The van der Waals surface area contributed by atoms with Gasteiger partial charge >= 0.3 is 0 Å². The zero-order chi connectivity index (χ0) is 9.97. The number of nitrogens with two attached hydrogens (primary N) is 1. The third-order valence-corrected chi connectivity index (χ3v) is 2.17. The number of fused-ring (bicyclic) bond motifs is 1. The first-order chi connectivity index (χ1) is 6.81. The molecule has 0 spiro atoms. The fourth-order valence-electron chi connectivity index (χ4n) is 1.37. The summed E-state index contributed by atoms with van der Waals surface area (Å²) in [6.45, 7) is -0.578. The highest BCUT2D eigenvalue weighted by molar-refractivity contribution is 5.85. The molecule has 2 rings (SSSR count). The summed E-state index contributed by atoms with van der Waals surface area (Å²) < 4.78 is 12.3. The summed E-state index contributed by atoms with van der Waals surface area (Å²) in [5.74, 6) is 0. The Balaban J connectivity index is 0.00000112. The molecular weight excluding hydrogens is 215 g/mol. The van der Waals surface area contributed by atoms with Gasteiger partial charge in [-0.15, -0.1) is 12.4 Å². The highest BCUT2D eigenvalue weighted by atomic mass is 35.5. The number of pyridine rings is 1. The van der Waals surface area contributed by atoms with Gasteiger partial charge in [-0.1, -0.05) is 24.3 Å². The van der Waals surface area contributed by atoms with Gasteiger partial charge in [0.05, 0.1) is 17.3 Å². The molecule has 2 N–H and O–H groups in total. The molecule has 0 bridgehead atoms. The molecular formula is C11H12ClFN2. The van der Waals surface area contributed by atoms with Crippen molar-refractivity contribution >= 4 is 23.3 Å². The van der Waals surface area contributed by atoms with Crippen molar-refractivity contribution in [2.24, 2.45) is 5.73 Å². The van der Waals surface area contributed by atoms with Crippen LogP contribution in [0.2, 0.25) is 0 Å². The summed E-state index contributed by atoms with van der Waals surface area (Å²) in [6, 6.07) is 10.8. The van der Waals surface area contributed by atoms with E-state index >= 15 is 0 Å². The SMILES string of the molecule is Cl.N[C@H](CF)c1ccc2ccccc2n1. The van der Waals surface area contributed by atoms with Crippen LogP contribution in [-0.4, -0.2) is 11.7 Å². The second kappa shape index (κ2) is 5.05. The summed E-state index contributed by atoms with van der Waals surface area (Å²) in [4.78, 5) is 4.28. The number of rotatable bonds is 2. The van der Waals surface area contributed by atoms with Crippen LogP contribution >= 0.6 is 12.4 Å². The first kappa shape index (κ1) is 11.9. The number of para-hydroxylation sites is 1. The van der Waals surface area contributed by atoms with Gasteiger partial charge < -0.3 is 5.73 Å². The van der Waals surface area contributed by atoms with Crippen molar-refractivity contribution < 1.29 is 4.39 Å². The lowest BCUT2D eigenvalue weighted by atomic mass is 10.1. The molecule has 4 heteroatoms. The molecule has 2 aromatic rings. The Morgan fingerprint density at radius 1 is 1.20 bits per heavy atom. The molecule has 0 unspecified atom stereocenters. The van der Waals surface area contributed by atoms with E-state index in [4.69, 9.17) is 5.73 Å². The number of aromatic nitrogens is 1. The first-order valence-corrected chi connectivity index (χ1v) is 4.48. The molecule has 80 valence electrons. The van der Waals surface area contributed by atoms with E-state index in [1.165, 1.54) is 0 Å². The lowest BCUT2D eigenvalue weighted by Gasteiger charge is -2.06. The van der Waals surface area contributed by atoms with Crippen LogP contribution in [0.4, 0.5) is 4.39 Å². The Morgan fingerprint density at radius 3 is 2.67 bits per heavy atom. The largest absolute Gasteiger partial charge is 0.321 e. The molecule has 1 aromatic carbocycles. The number of hydrogen-bond donors (Lipinski definition) is 1. The van der Waals surface area contributed by atoms with Gasteiger partial charge in [-0.05, 0) is 12.1 Å². The predicted octanol–water partition coefficient (Wildman–Crippen LogP) is 2.63. The Labute approximate surface area is 93.7 Å². The van der Waals surface area contributed by atoms with E-state index in [0.29, 0.717) is 5.69 Å². The quantitative estimate of drug-likeness (QED) is 0.855. The van der Waals surface area contributed by atoms with E-state index in [2.05, 4.69) is 4.98 Å². The van der Waals surface area contributed by atoms with Crippen molar-refractivity contribution in [1.82, 2.24) is 4.98 Å². The second-order valence-corrected chi connectivity index (χ2v) is 3.19. The molecule has 0 saturated heterocycles. The van der Waals surface area contributed by atoms with Crippen LogP contribution in [0.25, 0.3) is 10.9 Å². The van der Waals surface area contributed by atoms with Crippen LogP contribution in [0.15, 0.2) is 36.4 Å². The van der Waals surface area contributed by atoms with Crippen molar-refractivity contribution in [2.45, 2.75) is 6.04 Å². The molecule has 0 saturated carbocycles. The molecule has 1 aromatic heterocycles. The minimum atomic E-state index is -0.611. The Morgan fingerprint density at radius 2 is 1.93 bits per heavy atom. The van der Waals surface area contributed by atoms with Crippen LogP contribution in [0.1, 0.15) is 11.7 Å². The monoisotopic (exact) mass is 226 g/mol. The molecule has 2 nitrogen and oxygen atoms in total. The van der Waals surface area contributed by atoms with Gasteiger partial charge in [-0.3, -0.25) is 4.98 Å². The van der Waals surface area contributed by atoms with Crippen molar-refractivity contribution in [1.29, 1.82) is 0 Å². The number of halogens is 2. The minimum absolute atomic E-state index is 0. The Kier molecular flexibility index (Phi) is 4.00. The van der Waals surface area contributed by atoms with Gasteiger partial charge in [0.2, 0.25) is 0 Å². The molecule has 15 heavy (non-hydrogen) atoms. The van der Waals surface area contributed by atoms with Crippen LogP contribution < -0.4 is 5.73 Å². The third-order valence-electron chi connectivity index (χ3n) is 2.17. The maximum atomic E-state index is 12.3. The van der Waals surface area contributed by atoms with Gasteiger partial charge in [0, 0.05) is 5.39 Å². The van der Waals surface area contributed by atoms with Crippen molar-refractivity contribution in [3.8, 4) is 0 Å². The standard InChI is InChI=1S/C11H11FN2.ClH/c12-7-9(13)11-6-5-8-3-1-2-4-10(8)14-11;/h1-6,9H,7,13H2;1H/t9-;/m1./s1. The van der Waals surface area contributed by atoms with E-state index in [-0.39, 0.29) is 12.4 Å². The zero-order valence-electron chi connectivity index (χ0n) is 8.06. The van der Waals surface area contributed by atoms with Gasteiger partial charge in [-0.25, -0.2) is 4.39 Å². The van der Waals surface area contributed by atoms with E-state index in [9.17, 15) is 4.39 Å². The van der Waals surface area contributed by atoms with E-state index in [1.54, 1.807) is 6.07 Å². The van der Waals surface area contributed by atoms with E-state index in [1.807, 2.05) is 30.3 Å². The maximum Gasteiger partial charge on any atom is 0.110 e. The summed E-state index contributed by atoms with van der Waals surface area (Å²) in [7, 11) is 0. The summed E-state index contributed by atoms with van der Waals surface area (Å²) >= 11 is 0. The lowest BCUT2D eigenvalue weighted by molar-refractivity contribution is 0.432. The third kappa shape index (κ3) is 2.43. The van der Waals surface area contributed by atoms with Crippen LogP contribution in [0.5, 0.6) is 0 Å². The average molecular weight is 227 g/mol. The fraction of sp³-hybridized carbons (Fsp3) is 0.182. The summed E-state index contributed by atoms with van der Waals surface area (Å²) in [5.41, 5.74) is 7.01. The lowest BCUT2D eigenvalue weighted by Crippen LogP contribution is -2.13.